The molecule has 0 atom stereocenters. The fraction of sp³-hybridized carbons (Fsp3) is 0.455. The van der Waals surface area contributed by atoms with Crippen LogP contribution in [0.5, 0.6) is 0 Å². The molecule has 2 rings (SSSR count). The molecule has 0 aliphatic carbocycles. The van der Waals surface area contributed by atoms with Gasteiger partial charge in [0.2, 0.25) is 0 Å². The van der Waals surface area contributed by atoms with Crippen molar-refractivity contribution in [2.45, 2.75) is 6.61 Å². The highest BCUT2D eigenvalue weighted by Crippen LogP contribution is 2.25. The van der Waals surface area contributed by atoms with E-state index in [0.29, 0.717) is 0 Å². The number of aliphatic hydroxyl groups excluding tert-OH is 1. The van der Waals surface area contributed by atoms with Gasteiger partial charge < -0.3 is 20.5 Å². The van der Waals surface area contributed by atoms with E-state index in [1.54, 1.807) is 0 Å². The van der Waals surface area contributed by atoms with Gasteiger partial charge in [0.05, 0.1) is 31.2 Å². The second-order valence-corrected chi connectivity index (χ2v) is 3.65. The average Bonchev–Trinajstić information content (AvgIpc) is 2.30. The Morgan fingerprint density at radius 1 is 1.33 bits per heavy atom. The van der Waals surface area contributed by atoms with Crippen LogP contribution >= 0.6 is 0 Å². The van der Waals surface area contributed by atoms with E-state index >= 15 is 0 Å². The number of nitrogen functional groups attached to an aromatic ring is 1. The molecule has 0 spiro atoms. The summed E-state index contributed by atoms with van der Waals surface area (Å²) in [5.41, 5.74) is 8.55. The van der Waals surface area contributed by atoms with Gasteiger partial charge in [0.1, 0.15) is 0 Å². The zero-order chi connectivity index (χ0) is 10.7. The average molecular weight is 208 g/mol. The van der Waals surface area contributed by atoms with Gasteiger partial charge in [-0.2, -0.15) is 0 Å². The van der Waals surface area contributed by atoms with Gasteiger partial charge in [-0.3, -0.25) is 0 Å². The number of benzene rings is 1. The molecule has 1 saturated heterocycles. The van der Waals surface area contributed by atoms with Gasteiger partial charge in [0.15, 0.2) is 0 Å². The molecule has 15 heavy (non-hydrogen) atoms. The van der Waals surface area contributed by atoms with Crippen LogP contribution in [-0.2, 0) is 11.3 Å². The fourth-order valence-corrected chi connectivity index (χ4v) is 1.79. The Bertz CT molecular complexity index is 335. The van der Waals surface area contributed by atoms with Crippen LogP contribution in [0.25, 0.3) is 0 Å². The van der Waals surface area contributed by atoms with Crippen LogP contribution in [0.15, 0.2) is 18.2 Å². The van der Waals surface area contributed by atoms with Crippen molar-refractivity contribution < 1.29 is 9.84 Å². The number of nitrogens with two attached hydrogens (primary N) is 1. The first-order valence-corrected chi connectivity index (χ1v) is 5.13. The lowest BCUT2D eigenvalue weighted by Crippen LogP contribution is -2.36. The van der Waals surface area contributed by atoms with Crippen molar-refractivity contribution in [1.82, 2.24) is 0 Å². The number of hydrogen-bond acceptors (Lipinski definition) is 4. The SMILES string of the molecule is Nc1cc(CO)ccc1N1CCOCC1. The van der Waals surface area contributed by atoms with Crippen molar-refractivity contribution in [2.24, 2.45) is 0 Å². The zero-order valence-corrected chi connectivity index (χ0v) is 8.65. The topological polar surface area (TPSA) is 58.7 Å². The van der Waals surface area contributed by atoms with Crippen LogP contribution in [-0.4, -0.2) is 31.4 Å². The van der Waals surface area contributed by atoms with E-state index in [4.69, 9.17) is 15.6 Å². The number of ether oxygens (including phenoxy) is 1. The number of rotatable bonds is 2. The Morgan fingerprint density at radius 3 is 2.67 bits per heavy atom. The number of morpholine rings is 1. The summed E-state index contributed by atoms with van der Waals surface area (Å²) in [6.45, 7) is 3.29. The second-order valence-electron chi connectivity index (χ2n) is 3.65. The van der Waals surface area contributed by atoms with Gasteiger partial charge in [0.25, 0.3) is 0 Å². The first-order chi connectivity index (χ1) is 7.31. The lowest BCUT2D eigenvalue weighted by Gasteiger charge is -2.29. The molecule has 1 aliphatic heterocycles. The van der Waals surface area contributed by atoms with Crippen molar-refractivity contribution in [2.75, 3.05) is 36.9 Å². The Kier molecular flexibility index (Phi) is 3.08. The van der Waals surface area contributed by atoms with E-state index in [1.165, 1.54) is 0 Å². The van der Waals surface area contributed by atoms with E-state index < -0.39 is 0 Å². The summed E-state index contributed by atoms with van der Waals surface area (Å²) < 4.78 is 5.28. The summed E-state index contributed by atoms with van der Waals surface area (Å²) >= 11 is 0. The molecule has 0 radical (unpaired) electrons. The molecule has 0 unspecified atom stereocenters. The van der Waals surface area contributed by atoms with Crippen LogP contribution in [0.3, 0.4) is 0 Å². The van der Waals surface area contributed by atoms with Gasteiger partial charge in [-0.25, -0.2) is 0 Å². The molecular formula is C11H16N2O2. The van der Waals surface area contributed by atoms with Crippen molar-refractivity contribution in [3.63, 3.8) is 0 Å². The van der Waals surface area contributed by atoms with Gasteiger partial charge >= 0.3 is 0 Å². The summed E-state index contributed by atoms with van der Waals surface area (Å²) in [5, 5.41) is 8.97. The maximum Gasteiger partial charge on any atom is 0.0682 e. The van der Waals surface area contributed by atoms with Crippen molar-refractivity contribution in [1.29, 1.82) is 0 Å². The number of nitrogens with zero attached hydrogens (tertiary/aromatic N) is 1. The standard InChI is InChI=1S/C11H16N2O2/c12-10-7-9(8-14)1-2-11(10)13-3-5-15-6-4-13/h1-2,7,14H,3-6,8,12H2. The molecule has 1 aliphatic rings. The Balaban J connectivity index is 2.19. The number of anilines is 2. The fourth-order valence-electron chi connectivity index (χ4n) is 1.79. The Hall–Kier alpha value is -1.26. The monoisotopic (exact) mass is 208 g/mol. The van der Waals surface area contributed by atoms with E-state index in [-0.39, 0.29) is 6.61 Å². The molecule has 4 heteroatoms. The van der Waals surface area contributed by atoms with E-state index in [1.807, 2.05) is 18.2 Å². The minimum absolute atomic E-state index is 0.0353. The summed E-state index contributed by atoms with van der Waals surface area (Å²) in [4.78, 5) is 2.21. The normalized spacial score (nSPS) is 16.7. The zero-order valence-electron chi connectivity index (χ0n) is 8.65. The van der Waals surface area contributed by atoms with E-state index in [2.05, 4.69) is 4.90 Å². The molecular weight excluding hydrogens is 192 g/mol. The first-order valence-electron chi connectivity index (χ1n) is 5.13. The van der Waals surface area contributed by atoms with Crippen LogP contribution in [0, 0.1) is 0 Å². The minimum Gasteiger partial charge on any atom is -0.397 e. The molecule has 3 N–H and O–H groups in total. The van der Waals surface area contributed by atoms with Crippen LogP contribution < -0.4 is 10.6 Å². The van der Waals surface area contributed by atoms with Gasteiger partial charge in [-0.05, 0) is 17.7 Å². The molecule has 4 nitrogen and oxygen atoms in total. The smallest absolute Gasteiger partial charge is 0.0682 e. The summed E-state index contributed by atoms with van der Waals surface area (Å²) in [5.74, 6) is 0. The Morgan fingerprint density at radius 2 is 2.07 bits per heavy atom. The second kappa shape index (κ2) is 4.51. The molecule has 0 saturated carbocycles. The predicted octanol–water partition coefficient (Wildman–Crippen LogP) is 0.598. The molecule has 82 valence electrons. The van der Waals surface area contributed by atoms with Crippen LogP contribution in [0.1, 0.15) is 5.56 Å². The van der Waals surface area contributed by atoms with Gasteiger partial charge in [-0.1, -0.05) is 6.07 Å². The third-order valence-electron chi connectivity index (χ3n) is 2.63. The predicted molar refractivity (Wildman–Crippen MR) is 59.8 cm³/mol. The van der Waals surface area contributed by atoms with Crippen LogP contribution in [0.4, 0.5) is 11.4 Å². The van der Waals surface area contributed by atoms with Gasteiger partial charge in [-0.15, -0.1) is 0 Å². The van der Waals surface area contributed by atoms with Crippen LogP contribution in [0.2, 0.25) is 0 Å². The number of hydrogen-bond donors (Lipinski definition) is 2. The lowest BCUT2D eigenvalue weighted by molar-refractivity contribution is 0.123. The summed E-state index contributed by atoms with van der Waals surface area (Å²) in [6.07, 6.45) is 0. The van der Waals surface area contributed by atoms with Gasteiger partial charge in [0, 0.05) is 13.1 Å². The molecule has 0 amide bonds. The van der Waals surface area contributed by atoms with E-state index in [0.717, 1.165) is 43.2 Å². The van der Waals surface area contributed by atoms with Crippen molar-refractivity contribution >= 4 is 11.4 Å². The molecule has 1 aromatic rings. The van der Waals surface area contributed by atoms with Crippen molar-refractivity contribution in [3.05, 3.63) is 23.8 Å². The third-order valence-corrected chi connectivity index (χ3v) is 2.63. The highest BCUT2D eigenvalue weighted by Gasteiger charge is 2.13. The molecule has 1 fully saturated rings. The summed E-state index contributed by atoms with van der Waals surface area (Å²) in [7, 11) is 0. The first kappa shape index (κ1) is 10.3. The molecule has 0 bridgehead atoms. The number of aliphatic hydroxyl groups is 1. The molecule has 0 aromatic heterocycles. The van der Waals surface area contributed by atoms with Crippen molar-refractivity contribution in [3.8, 4) is 0 Å². The van der Waals surface area contributed by atoms with E-state index in [9.17, 15) is 0 Å². The highest BCUT2D eigenvalue weighted by atomic mass is 16.5. The highest BCUT2D eigenvalue weighted by molar-refractivity contribution is 5.68. The maximum absolute atomic E-state index is 8.97. The Labute approximate surface area is 89.3 Å². The third kappa shape index (κ3) is 2.22. The lowest BCUT2D eigenvalue weighted by atomic mass is 10.1. The molecule has 1 aromatic carbocycles. The minimum atomic E-state index is 0.0353. The quantitative estimate of drug-likeness (QED) is 0.699. The summed E-state index contributed by atoms with van der Waals surface area (Å²) in [6, 6.07) is 5.69. The largest absolute Gasteiger partial charge is 0.397 e. The molecule has 1 heterocycles. The maximum atomic E-state index is 8.97.